The van der Waals surface area contributed by atoms with Gasteiger partial charge in [-0.15, -0.1) is 0 Å². The molecule has 0 spiro atoms. The average molecular weight is 419 g/mol. The number of amides is 1. The lowest BCUT2D eigenvalue weighted by atomic mass is 9.90. The highest BCUT2D eigenvalue weighted by atomic mass is 16.5. The van der Waals surface area contributed by atoms with Crippen molar-refractivity contribution in [3.05, 3.63) is 77.2 Å². The third-order valence-corrected chi connectivity index (χ3v) is 5.40. The highest BCUT2D eigenvalue weighted by Crippen LogP contribution is 2.32. The molecule has 1 atom stereocenters. The number of carbonyl (C=O) groups is 1. The van der Waals surface area contributed by atoms with E-state index in [4.69, 9.17) is 14.2 Å². The summed E-state index contributed by atoms with van der Waals surface area (Å²) >= 11 is 0. The normalized spacial score (nSPS) is 15.2. The molecule has 1 aromatic carbocycles. The van der Waals surface area contributed by atoms with Crippen LogP contribution in [-0.2, 0) is 13.2 Å². The van der Waals surface area contributed by atoms with E-state index < -0.39 is 0 Å². The zero-order valence-electron chi connectivity index (χ0n) is 17.9. The van der Waals surface area contributed by atoms with Gasteiger partial charge in [-0.2, -0.15) is 0 Å². The number of aromatic nitrogens is 2. The lowest BCUT2D eigenvalue weighted by Gasteiger charge is -2.33. The molecule has 1 aliphatic heterocycles. The number of methoxy groups -OCH3 is 2. The summed E-state index contributed by atoms with van der Waals surface area (Å²) in [6.07, 6.45) is 3.23. The third kappa shape index (κ3) is 4.60. The monoisotopic (exact) mass is 419 g/mol. The van der Waals surface area contributed by atoms with Crippen LogP contribution in [-0.4, -0.2) is 41.5 Å². The number of pyridine rings is 2. The second-order valence-corrected chi connectivity index (χ2v) is 7.51. The maximum Gasteiger partial charge on any atom is 0.255 e. The van der Waals surface area contributed by atoms with E-state index >= 15 is 0 Å². The van der Waals surface area contributed by atoms with Gasteiger partial charge in [0.25, 0.3) is 5.91 Å². The Hall–Kier alpha value is -3.61. The molecule has 4 rings (SSSR count). The van der Waals surface area contributed by atoms with Crippen molar-refractivity contribution in [2.75, 3.05) is 20.8 Å². The van der Waals surface area contributed by atoms with E-state index in [0.29, 0.717) is 36.9 Å². The van der Waals surface area contributed by atoms with E-state index in [-0.39, 0.29) is 11.8 Å². The molecule has 7 heteroatoms. The quantitative estimate of drug-likeness (QED) is 0.605. The molecule has 1 amide bonds. The zero-order valence-corrected chi connectivity index (χ0v) is 17.9. The maximum absolute atomic E-state index is 13.0. The van der Waals surface area contributed by atoms with Gasteiger partial charge in [0.2, 0.25) is 5.88 Å². The van der Waals surface area contributed by atoms with Gasteiger partial charge in [0.05, 0.1) is 31.7 Å². The van der Waals surface area contributed by atoms with E-state index in [1.54, 1.807) is 38.7 Å². The number of rotatable bonds is 6. The summed E-state index contributed by atoms with van der Waals surface area (Å²) in [6.45, 7) is 3.68. The fourth-order valence-electron chi connectivity index (χ4n) is 3.73. The van der Waals surface area contributed by atoms with Crippen LogP contribution in [0.15, 0.2) is 54.9 Å². The molecule has 2 aromatic heterocycles. The summed E-state index contributed by atoms with van der Waals surface area (Å²) in [5, 5.41) is 0. The highest BCUT2D eigenvalue weighted by Gasteiger charge is 2.27. The summed E-state index contributed by atoms with van der Waals surface area (Å²) < 4.78 is 16.2. The first-order valence-electron chi connectivity index (χ1n) is 10.1. The van der Waals surface area contributed by atoms with Gasteiger partial charge in [-0.1, -0.05) is 13.0 Å². The van der Waals surface area contributed by atoms with Crippen LogP contribution in [0.5, 0.6) is 17.4 Å². The Morgan fingerprint density at radius 2 is 1.87 bits per heavy atom. The Bertz CT molecular complexity index is 1050. The molecular formula is C24H25N3O4. The van der Waals surface area contributed by atoms with Gasteiger partial charge in [0.1, 0.15) is 18.1 Å². The largest absolute Gasteiger partial charge is 0.495 e. The number of carbonyl (C=O) groups excluding carboxylic acids is 1. The maximum atomic E-state index is 13.0. The van der Waals surface area contributed by atoms with Crippen LogP contribution in [0.1, 0.15) is 40.0 Å². The van der Waals surface area contributed by atoms with Crippen LogP contribution in [0.4, 0.5) is 0 Å². The Kier molecular flexibility index (Phi) is 6.02. The molecule has 0 fully saturated rings. The van der Waals surface area contributed by atoms with E-state index in [0.717, 1.165) is 17.0 Å². The molecule has 7 nitrogen and oxygen atoms in total. The van der Waals surface area contributed by atoms with Crippen molar-refractivity contribution in [3.8, 4) is 17.4 Å². The van der Waals surface area contributed by atoms with Crippen molar-refractivity contribution < 1.29 is 19.0 Å². The van der Waals surface area contributed by atoms with Gasteiger partial charge in [0, 0.05) is 25.4 Å². The van der Waals surface area contributed by atoms with Crippen LogP contribution in [0.2, 0.25) is 0 Å². The van der Waals surface area contributed by atoms with Crippen molar-refractivity contribution >= 4 is 5.91 Å². The van der Waals surface area contributed by atoms with Crippen molar-refractivity contribution in [1.29, 1.82) is 0 Å². The van der Waals surface area contributed by atoms with E-state index in [1.807, 2.05) is 29.2 Å². The van der Waals surface area contributed by atoms with Crippen LogP contribution >= 0.6 is 0 Å². The molecule has 3 heterocycles. The van der Waals surface area contributed by atoms with Crippen LogP contribution < -0.4 is 14.2 Å². The zero-order chi connectivity index (χ0) is 21.8. The molecular weight excluding hydrogens is 394 g/mol. The predicted octanol–water partition coefficient (Wildman–Crippen LogP) is 3.83. The second-order valence-electron chi connectivity index (χ2n) is 7.51. The lowest BCUT2D eigenvalue weighted by molar-refractivity contribution is 0.0720. The first-order chi connectivity index (χ1) is 15.1. The first-order valence-corrected chi connectivity index (χ1v) is 10.1. The number of hydrogen-bond donors (Lipinski definition) is 0. The van der Waals surface area contributed by atoms with Crippen molar-refractivity contribution in [1.82, 2.24) is 14.9 Å². The summed E-state index contributed by atoms with van der Waals surface area (Å²) in [7, 11) is 3.16. The fourth-order valence-corrected chi connectivity index (χ4v) is 3.73. The van der Waals surface area contributed by atoms with Gasteiger partial charge in [-0.25, -0.2) is 4.98 Å². The van der Waals surface area contributed by atoms with Crippen LogP contribution in [0.3, 0.4) is 0 Å². The third-order valence-electron chi connectivity index (χ3n) is 5.40. The van der Waals surface area contributed by atoms with Gasteiger partial charge in [-0.05, 0) is 47.4 Å². The minimum absolute atomic E-state index is 0.0404. The molecule has 0 bridgehead atoms. The van der Waals surface area contributed by atoms with Crippen LogP contribution in [0, 0.1) is 0 Å². The Balaban J connectivity index is 1.46. The average Bonchev–Trinajstić information content (AvgIpc) is 2.82. The van der Waals surface area contributed by atoms with Gasteiger partial charge in [-0.3, -0.25) is 9.78 Å². The molecule has 0 saturated heterocycles. The molecule has 1 aliphatic rings. The van der Waals surface area contributed by atoms with Crippen molar-refractivity contribution in [2.24, 2.45) is 0 Å². The Labute approximate surface area is 181 Å². The topological polar surface area (TPSA) is 73.8 Å². The first kappa shape index (κ1) is 20.7. The van der Waals surface area contributed by atoms with Gasteiger partial charge >= 0.3 is 0 Å². The smallest absolute Gasteiger partial charge is 0.255 e. The van der Waals surface area contributed by atoms with E-state index in [1.165, 1.54) is 5.56 Å². The minimum Gasteiger partial charge on any atom is -0.495 e. The fraction of sp³-hybridized carbons (Fsp3) is 0.292. The molecule has 160 valence electrons. The van der Waals surface area contributed by atoms with E-state index in [9.17, 15) is 4.79 Å². The second kappa shape index (κ2) is 9.04. The van der Waals surface area contributed by atoms with Crippen LogP contribution in [0.25, 0.3) is 0 Å². The standard InChI is InChI=1S/C24H25N3O4/c1-16-13-27(24(28)17-4-9-23(30-3)26-11-17)14-18-10-20(7-8-22(16)18)31-15-19-5-6-21(29-2)12-25-19/h4-12,16H,13-15H2,1-3H3. The summed E-state index contributed by atoms with van der Waals surface area (Å²) in [6, 6.07) is 13.3. The molecule has 0 saturated carbocycles. The SMILES string of the molecule is COc1ccc(COc2ccc3c(c2)CN(C(=O)c2ccc(OC)nc2)CC3C)nc1. The van der Waals surface area contributed by atoms with Gasteiger partial charge in [0.15, 0.2) is 0 Å². The summed E-state index contributed by atoms with van der Waals surface area (Å²) in [5.41, 5.74) is 3.70. The lowest BCUT2D eigenvalue weighted by Crippen LogP contribution is -2.37. The number of nitrogens with zero attached hydrogens (tertiary/aromatic N) is 3. The Morgan fingerprint density at radius 3 is 2.55 bits per heavy atom. The molecule has 0 aliphatic carbocycles. The molecule has 0 N–H and O–H groups in total. The molecule has 31 heavy (non-hydrogen) atoms. The van der Waals surface area contributed by atoms with Crippen molar-refractivity contribution in [3.63, 3.8) is 0 Å². The summed E-state index contributed by atoms with van der Waals surface area (Å²) in [4.78, 5) is 23.3. The predicted molar refractivity (Wildman–Crippen MR) is 116 cm³/mol. The summed E-state index contributed by atoms with van der Waals surface area (Å²) in [5.74, 6) is 2.15. The highest BCUT2D eigenvalue weighted by molar-refractivity contribution is 5.94. The molecule has 0 radical (unpaired) electrons. The van der Waals surface area contributed by atoms with Gasteiger partial charge < -0.3 is 19.1 Å². The Morgan fingerprint density at radius 1 is 1.03 bits per heavy atom. The molecule has 1 unspecified atom stereocenters. The number of hydrogen-bond acceptors (Lipinski definition) is 6. The number of ether oxygens (including phenoxy) is 3. The molecule has 3 aromatic rings. The number of benzene rings is 1. The minimum atomic E-state index is -0.0404. The van der Waals surface area contributed by atoms with E-state index in [2.05, 4.69) is 23.0 Å². The van der Waals surface area contributed by atoms with Crippen molar-refractivity contribution in [2.45, 2.75) is 26.0 Å². The number of fused-ring (bicyclic) bond motifs is 1.